The van der Waals surface area contributed by atoms with Gasteiger partial charge in [0.1, 0.15) is 0 Å². The summed E-state index contributed by atoms with van der Waals surface area (Å²) in [4.78, 5) is 0. The van der Waals surface area contributed by atoms with Gasteiger partial charge in [-0.25, -0.2) is 0 Å². The van der Waals surface area contributed by atoms with Crippen molar-refractivity contribution >= 4 is 0 Å². The van der Waals surface area contributed by atoms with Gasteiger partial charge in [-0.2, -0.15) is 0 Å². The molecule has 0 amide bonds. The van der Waals surface area contributed by atoms with Crippen LogP contribution in [0.25, 0.3) is 0 Å². The first-order chi connectivity index (χ1) is 4.77. The average Bonchev–Trinajstić information content (AvgIpc) is 1.87. The van der Waals surface area contributed by atoms with Gasteiger partial charge in [0.15, 0.2) is 0 Å². The Kier molecular flexibility index (Phi) is 5.91. The minimum atomic E-state index is -0.224. The van der Waals surface area contributed by atoms with Crippen LogP contribution in [0.5, 0.6) is 0 Å². The molecule has 0 aromatic carbocycles. The van der Waals surface area contributed by atoms with Crippen molar-refractivity contribution in [1.29, 1.82) is 0 Å². The van der Waals surface area contributed by atoms with Gasteiger partial charge in [0.2, 0.25) is 0 Å². The standard InChI is InChI=1S/C9H14O/c1-3-4-5-6-7-8-9(2)10/h3,9-10H,1,4,7-8H2,2H3. The number of rotatable bonds is 3. The average molecular weight is 138 g/mol. The molecule has 0 aliphatic carbocycles. The van der Waals surface area contributed by atoms with Crippen molar-refractivity contribution in [3.8, 4) is 11.8 Å². The lowest BCUT2D eigenvalue weighted by Gasteiger charge is -1.95. The Hall–Kier alpha value is -0.740. The minimum Gasteiger partial charge on any atom is -0.393 e. The van der Waals surface area contributed by atoms with E-state index in [0.717, 1.165) is 19.3 Å². The van der Waals surface area contributed by atoms with Crippen LogP contribution in [0.2, 0.25) is 0 Å². The summed E-state index contributed by atoms with van der Waals surface area (Å²) in [6.07, 6.45) is 3.85. The molecule has 1 heteroatoms. The fraction of sp³-hybridized carbons (Fsp3) is 0.556. The normalized spacial score (nSPS) is 11.4. The molecule has 0 bridgehead atoms. The van der Waals surface area contributed by atoms with E-state index in [0.29, 0.717) is 0 Å². The Balaban J connectivity index is 3.19. The van der Waals surface area contributed by atoms with Crippen LogP contribution < -0.4 is 0 Å². The first-order valence-corrected chi connectivity index (χ1v) is 3.52. The molecule has 0 aliphatic heterocycles. The highest BCUT2D eigenvalue weighted by atomic mass is 16.3. The summed E-state index contributed by atoms with van der Waals surface area (Å²) in [7, 11) is 0. The zero-order valence-corrected chi connectivity index (χ0v) is 6.43. The molecule has 1 unspecified atom stereocenters. The Labute approximate surface area is 62.8 Å². The van der Waals surface area contributed by atoms with Crippen LogP contribution >= 0.6 is 0 Å². The van der Waals surface area contributed by atoms with Crippen LogP contribution in [0.15, 0.2) is 12.7 Å². The second-order valence-corrected chi connectivity index (χ2v) is 2.23. The van der Waals surface area contributed by atoms with Gasteiger partial charge in [0.25, 0.3) is 0 Å². The van der Waals surface area contributed by atoms with E-state index in [1.165, 1.54) is 0 Å². The fourth-order valence-corrected chi connectivity index (χ4v) is 0.514. The van der Waals surface area contributed by atoms with Gasteiger partial charge in [-0.1, -0.05) is 12.0 Å². The Bertz CT molecular complexity index is 137. The largest absolute Gasteiger partial charge is 0.393 e. The van der Waals surface area contributed by atoms with Crippen molar-refractivity contribution < 1.29 is 5.11 Å². The predicted molar refractivity (Wildman–Crippen MR) is 43.5 cm³/mol. The summed E-state index contributed by atoms with van der Waals surface area (Å²) >= 11 is 0. The Morgan fingerprint density at radius 1 is 1.60 bits per heavy atom. The summed E-state index contributed by atoms with van der Waals surface area (Å²) in [6, 6.07) is 0. The number of aliphatic hydroxyl groups is 1. The summed E-state index contributed by atoms with van der Waals surface area (Å²) in [5.74, 6) is 5.85. The molecule has 0 aliphatic rings. The lowest BCUT2D eigenvalue weighted by atomic mass is 10.2. The monoisotopic (exact) mass is 138 g/mol. The second kappa shape index (κ2) is 6.38. The van der Waals surface area contributed by atoms with E-state index < -0.39 is 0 Å². The Morgan fingerprint density at radius 3 is 2.80 bits per heavy atom. The fourth-order valence-electron chi connectivity index (χ4n) is 0.514. The summed E-state index contributed by atoms with van der Waals surface area (Å²) in [5, 5.41) is 8.82. The van der Waals surface area contributed by atoms with Gasteiger partial charge in [0.05, 0.1) is 6.10 Å². The molecule has 1 atom stereocenters. The van der Waals surface area contributed by atoms with Crippen molar-refractivity contribution in [2.45, 2.75) is 32.3 Å². The minimum absolute atomic E-state index is 0.224. The summed E-state index contributed by atoms with van der Waals surface area (Å²) in [6.45, 7) is 5.31. The zero-order chi connectivity index (χ0) is 7.82. The van der Waals surface area contributed by atoms with E-state index in [4.69, 9.17) is 5.11 Å². The van der Waals surface area contributed by atoms with E-state index >= 15 is 0 Å². The topological polar surface area (TPSA) is 20.2 Å². The van der Waals surface area contributed by atoms with Crippen LogP contribution in [-0.4, -0.2) is 11.2 Å². The first kappa shape index (κ1) is 9.26. The molecule has 0 aromatic rings. The van der Waals surface area contributed by atoms with Gasteiger partial charge in [-0.15, -0.1) is 12.5 Å². The SMILES string of the molecule is C=CCC#CCCC(C)O. The highest BCUT2D eigenvalue weighted by Crippen LogP contribution is 1.92. The van der Waals surface area contributed by atoms with Crippen LogP contribution in [0.1, 0.15) is 26.2 Å². The number of hydrogen-bond donors (Lipinski definition) is 1. The third kappa shape index (κ3) is 7.26. The van der Waals surface area contributed by atoms with Crippen molar-refractivity contribution in [3.05, 3.63) is 12.7 Å². The molecule has 0 radical (unpaired) electrons. The molecule has 0 spiro atoms. The molecule has 1 N–H and O–H groups in total. The number of allylic oxidation sites excluding steroid dienone is 1. The van der Waals surface area contributed by atoms with Crippen molar-refractivity contribution in [2.24, 2.45) is 0 Å². The quantitative estimate of drug-likeness (QED) is 0.465. The molecule has 0 rings (SSSR count). The van der Waals surface area contributed by atoms with Gasteiger partial charge < -0.3 is 5.11 Å². The highest BCUT2D eigenvalue weighted by molar-refractivity contribution is 5.02. The molecule has 56 valence electrons. The van der Waals surface area contributed by atoms with Crippen molar-refractivity contribution in [1.82, 2.24) is 0 Å². The van der Waals surface area contributed by atoms with Crippen LogP contribution in [0.4, 0.5) is 0 Å². The third-order valence-electron chi connectivity index (χ3n) is 1.06. The maximum absolute atomic E-state index is 8.82. The predicted octanol–water partition coefficient (Wildman–Crippen LogP) is 1.73. The lowest BCUT2D eigenvalue weighted by molar-refractivity contribution is 0.186. The van der Waals surface area contributed by atoms with E-state index in [-0.39, 0.29) is 6.10 Å². The highest BCUT2D eigenvalue weighted by Gasteiger charge is 1.89. The second-order valence-electron chi connectivity index (χ2n) is 2.23. The number of hydrogen-bond acceptors (Lipinski definition) is 1. The van der Waals surface area contributed by atoms with Crippen LogP contribution in [-0.2, 0) is 0 Å². The molecular formula is C9H14O. The molecule has 1 nitrogen and oxygen atoms in total. The first-order valence-electron chi connectivity index (χ1n) is 3.52. The van der Waals surface area contributed by atoms with Crippen molar-refractivity contribution in [2.75, 3.05) is 0 Å². The number of aliphatic hydroxyl groups excluding tert-OH is 1. The molecule has 0 aromatic heterocycles. The maximum Gasteiger partial charge on any atom is 0.0521 e. The smallest absolute Gasteiger partial charge is 0.0521 e. The summed E-state index contributed by atoms with van der Waals surface area (Å²) in [5.41, 5.74) is 0. The van der Waals surface area contributed by atoms with Crippen molar-refractivity contribution in [3.63, 3.8) is 0 Å². The van der Waals surface area contributed by atoms with E-state index in [2.05, 4.69) is 18.4 Å². The molecular weight excluding hydrogens is 124 g/mol. The van der Waals surface area contributed by atoms with Gasteiger partial charge in [-0.3, -0.25) is 0 Å². The van der Waals surface area contributed by atoms with Gasteiger partial charge in [0, 0.05) is 12.8 Å². The van der Waals surface area contributed by atoms with E-state index in [9.17, 15) is 0 Å². The molecule has 0 heterocycles. The third-order valence-corrected chi connectivity index (χ3v) is 1.06. The van der Waals surface area contributed by atoms with Crippen LogP contribution in [0.3, 0.4) is 0 Å². The van der Waals surface area contributed by atoms with Crippen LogP contribution in [0, 0.1) is 11.8 Å². The zero-order valence-electron chi connectivity index (χ0n) is 6.43. The molecule has 0 fully saturated rings. The van der Waals surface area contributed by atoms with Gasteiger partial charge in [-0.05, 0) is 13.3 Å². The van der Waals surface area contributed by atoms with E-state index in [1.54, 1.807) is 13.0 Å². The molecule has 0 saturated heterocycles. The molecule has 10 heavy (non-hydrogen) atoms. The van der Waals surface area contributed by atoms with E-state index in [1.807, 2.05) is 0 Å². The molecule has 0 saturated carbocycles. The lowest BCUT2D eigenvalue weighted by Crippen LogP contribution is -1.96. The summed E-state index contributed by atoms with van der Waals surface area (Å²) < 4.78 is 0. The van der Waals surface area contributed by atoms with Gasteiger partial charge >= 0.3 is 0 Å². The maximum atomic E-state index is 8.82. The Morgan fingerprint density at radius 2 is 2.30 bits per heavy atom.